The van der Waals surface area contributed by atoms with Gasteiger partial charge in [0.05, 0.1) is 11.9 Å². The zero-order chi connectivity index (χ0) is 19.3. The van der Waals surface area contributed by atoms with Crippen LogP contribution in [0.2, 0.25) is 0 Å². The van der Waals surface area contributed by atoms with Crippen LogP contribution in [0.3, 0.4) is 0 Å². The van der Waals surface area contributed by atoms with E-state index >= 15 is 0 Å². The lowest BCUT2D eigenvalue weighted by molar-refractivity contribution is -0.122. The second-order valence-corrected chi connectivity index (χ2v) is 8.21. The maximum absolute atomic E-state index is 12.8. The van der Waals surface area contributed by atoms with E-state index in [0.717, 1.165) is 22.9 Å². The summed E-state index contributed by atoms with van der Waals surface area (Å²) in [6.07, 6.45) is 4.82. The first-order valence-corrected chi connectivity index (χ1v) is 10.3. The molecule has 0 aliphatic rings. The molecule has 0 spiro atoms. The Bertz CT molecular complexity index is 867. The third-order valence-electron chi connectivity index (χ3n) is 4.12. The molecule has 0 saturated heterocycles. The van der Waals surface area contributed by atoms with Gasteiger partial charge in [0.1, 0.15) is 6.04 Å². The monoisotopic (exact) mass is 375 g/mol. The minimum Gasteiger partial charge on any atom is -0.350 e. The third-order valence-corrected chi connectivity index (χ3v) is 5.29. The van der Waals surface area contributed by atoms with E-state index in [2.05, 4.69) is 10.3 Å². The lowest BCUT2D eigenvalue weighted by atomic mass is 10.1. The molecule has 7 heteroatoms. The molecule has 26 heavy (non-hydrogen) atoms. The molecule has 140 valence electrons. The Labute approximate surface area is 155 Å². The van der Waals surface area contributed by atoms with E-state index in [-0.39, 0.29) is 5.91 Å². The average molecular weight is 375 g/mol. The summed E-state index contributed by atoms with van der Waals surface area (Å²) in [6.45, 7) is 5.84. The van der Waals surface area contributed by atoms with Gasteiger partial charge in [-0.1, -0.05) is 25.1 Å². The number of aryl methyl sites for hydroxylation is 2. The first kappa shape index (κ1) is 19.9. The molecule has 1 atom stereocenters. The molecule has 1 amide bonds. The normalized spacial score (nSPS) is 12.5. The topological polar surface area (TPSA) is 79.4 Å². The van der Waals surface area contributed by atoms with Crippen LogP contribution in [0.15, 0.2) is 42.7 Å². The van der Waals surface area contributed by atoms with Crippen LogP contribution in [0.1, 0.15) is 30.0 Å². The van der Waals surface area contributed by atoms with Gasteiger partial charge in [0.25, 0.3) is 0 Å². The van der Waals surface area contributed by atoms with E-state index in [0.29, 0.717) is 18.7 Å². The van der Waals surface area contributed by atoms with Crippen LogP contribution in [0.25, 0.3) is 0 Å². The number of nitrogens with one attached hydrogen (secondary N) is 1. The summed E-state index contributed by atoms with van der Waals surface area (Å²) in [4.78, 5) is 16.8. The Hall–Kier alpha value is -2.41. The molecular weight excluding hydrogens is 350 g/mol. The van der Waals surface area contributed by atoms with Crippen LogP contribution in [0.5, 0.6) is 0 Å². The Balaban J connectivity index is 2.32. The number of benzene rings is 1. The second kappa shape index (κ2) is 8.31. The van der Waals surface area contributed by atoms with Gasteiger partial charge in [0.15, 0.2) is 0 Å². The molecule has 1 aromatic carbocycles. The first-order valence-electron chi connectivity index (χ1n) is 8.47. The van der Waals surface area contributed by atoms with Crippen molar-refractivity contribution in [3.63, 3.8) is 0 Å². The van der Waals surface area contributed by atoms with E-state index in [1.54, 1.807) is 31.5 Å². The van der Waals surface area contributed by atoms with Crippen LogP contribution in [0, 0.1) is 13.8 Å². The molecule has 0 aliphatic carbocycles. The van der Waals surface area contributed by atoms with Crippen molar-refractivity contribution < 1.29 is 13.2 Å². The fraction of sp³-hybridized carbons (Fsp3) is 0.368. The highest BCUT2D eigenvalue weighted by atomic mass is 32.2. The minimum atomic E-state index is -3.64. The van der Waals surface area contributed by atoms with Gasteiger partial charge in [0, 0.05) is 18.9 Å². The summed E-state index contributed by atoms with van der Waals surface area (Å²) < 4.78 is 26.3. The number of nitrogens with zero attached hydrogens (tertiary/aromatic N) is 2. The van der Waals surface area contributed by atoms with E-state index in [1.807, 2.05) is 32.0 Å². The molecule has 2 rings (SSSR count). The van der Waals surface area contributed by atoms with Crippen molar-refractivity contribution >= 4 is 21.6 Å². The predicted molar refractivity (Wildman–Crippen MR) is 103 cm³/mol. The summed E-state index contributed by atoms with van der Waals surface area (Å²) in [5, 5.41) is 2.82. The number of carbonyl (C=O) groups is 1. The van der Waals surface area contributed by atoms with Gasteiger partial charge in [-0.2, -0.15) is 0 Å². The highest BCUT2D eigenvalue weighted by Gasteiger charge is 2.32. The number of pyridine rings is 1. The SMILES string of the molecule is CC[C@@H](C(=O)NCc1cccnc1)N(c1cc(C)ccc1C)S(C)(=O)=O. The van der Waals surface area contributed by atoms with Crippen molar-refractivity contribution in [2.24, 2.45) is 0 Å². The summed E-state index contributed by atoms with van der Waals surface area (Å²) in [7, 11) is -3.64. The Kier molecular flexibility index (Phi) is 6.37. The predicted octanol–water partition coefficient (Wildman–Crippen LogP) is 2.56. The number of anilines is 1. The van der Waals surface area contributed by atoms with Crippen molar-refractivity contribution in [3.05, 3.63) is 59.4 Å². The molecule has 1 N–H and O–H groups in total. The number of rotatable bonds is 7. The molecule has 2 aromatic rings. The van der Waals surface area contributed by atoms with E-state index in [1.165, 1.54) is 4.31 Å². The van der Waals surface area contributed by atoms with Gasteiger partial charge in [0.2, 0.25) is 15.9 Å². The van der Waals surface area contributed by atoms with Gasteiger partial charge < -0.3 is 5.32 Å². The number of hydrogen-bond donors (Lipinski definition) is 1. The van der Waals surface area contributed by atoms with Crippen molar-refractivity contribution in [1.82, 2.24) is 10.3 Å². The molecule has 1 heterocycles. The Morgan fingerprint density at radius 3 is 2.58 bits per heavy atom. The Morgan fingerprint density at radius 2 is 2.00 bits per heavy atom. The van der Waals surface area contributed by atoms with Gasteiger partial charge in [-0.25, -0.2) is 8.42 Å². The quantitative estimate of drug-likeness (QED) is 0.807. The van der Waals surface area contributed by atoms with Crippen molar-refractivity contribution in [1.29, 1.82) is 0 Å². The average Bonchev–Trinajstić information content (AvgIpc) is 2.59. The smallest absolute Gasteiger partial charge is 0.244 e. The molecule has 0 fully saturated rings. The highest BCUT2D eigenvalue weighted by Crippen LogP contribution is 2.27. The molecule has 0 radical (unpaired) electrons. The number of hydrogen-bond acceptors (Lipinski definition) is 4. The van der Waals surface area contributed by atoms with E-state index < -0.39 is 16.1 Å². The van der Waals surface area contributed by atoms with Crippen LogP contribution in [0.4, 0.5) is 5.69 Å². The van der Waals surface area contributed by atoms with Crippen molar-refractivity contribution in [2.45, 2.75) is 39.8 Å². The largest absolute Gasteiger partial charge is 0.350 e. The fourth-order valence-electron chi connectivity index (χ4n) is 2.80. The fourth-order valence-corrected chi connectivity index (χ4v) is 4.06. The van der Waals surface area contributed by atoms with E-state index in [4.69, 9.17) is 0 Å². The maximum atomic E-state index is 12.8. The van der Waals surface area contributed by atoms with Crippen LogP contribution in [-0.2, 0) is 21.4 Å². The zero-order valence-corrected chi connectivity index (χ0v) is 16.4. The van der Waals surface area contributed by atoms with E-state index in [9.17, 15) is 13.2 Å². The van der Waals surface area contributed by atoms with Gasteiger partial charge in [-0.05, 0) is 49.1 Å². The third kappa shape index (κ3) is 4.82. The molecule has 0 unspecified atom stereocenters. The molecule has 1 aromatic heterocycles. The molecule has 0 saturated carbocycles. The maximum Gasteiger partial charge on any atom is 0.244 e. The first-order chi connectivity index (χ1) is 12.2. The van der Waals surface area contributed by atoms with Gasteiger partial charge >= 0.3 is 0 Å². The molecule has 6 nitrogen and oxygen atoms in total. The van der Waals surface area contributed by atoms with Crippen molar-refractivity contribution in [2.75, 3.05) is 10.6 Å². The van der Waals surface area contributed by atoms with Crippen LogP contribution < -0.4 is 9.62 Å². The van der Waals surface area contributed by atoms with Crippen LogP contribution >= 0.6 is 0 Å². The second-order valence-electron chi connectivity index (χ2n) is 6.35. The minimum absolute atomic E-state index is 0.299. The zero-order valence-electron chi connectivity index (χ0n) is 15.6. The summed E-state index contributed by atoms with van der Waals surface area (Å²) in [5.74, 6) is -0.331. The number of carbonyl (C=O) groups excluding carboxylic acids is 1. The Morgan fingerprint density at radius 1 is 1.27 bits per heavy atom. The summed E-state index contributed by atoms with van der Waals surface area (Å²) in [6, 6.07) is 8.41. The highest BCUT2D eigenvalue weighted by molar-refractivity contribution is 7.92. The number of aromatic nitrogens is 1. The molecule has 0 aliphatic heterocycles. The van der Waals surface area contributed by atoms with Gasteiger partial charge in [-0.15, -0.1) is 0 Å². The van der Waals surface area contributed by atoms with Crippen molar-refractivity contribution in [3.8, 4) is 0 Å². The standard InChI is InChI=1S/C19H25N3O3S/c1-5-17(19(23)21-13-16-7-6-10-20-12-16)22(26(4,24)25)18-11-14(2)8-9-15(18)3/h6-12,17H,5,13H2,1-4H3,(H,21,23)/t17-/m0/s1. The summed E-state index contributed by atoms with van der Waals surface area (Å²) >= 11 is 0. The number of amides is 1. The molecular formula is C19H25N3O3S. The van der Waals surface area contributed by atoms with Gasteiger partial charge in [-0.3, -0.25) is 14.1 Å². The van der Waals surface area contributed by atoms with Crippen LogP contribution in [-0.4, -0.2) is 31.6 Å². The lowest BCUT2D eigenvalue weighted by Gasteiger charge is -2.31. The summed E-state index contributed by atoms with van der Waals surface area (Å²) in [5.41, 5.74) is 3.13. The molecule has 0 bridgehead atoms. The lowest BCUT2D eigenvalue weighted by Crippen LogP contribution is -2.49. The number of sulfonamides is 1.